The SMILES string of the molecule is Cc1nc(Cc2ccc(F)cc2)sc1C(=O)N1CCCCC1C1OCCO1. The standard InChI is InChI=1S/C20H23FN2O3S/c1-13-18(27-17(22-13)12-14-5-7-15(21)8-6-14)19(24)23-9-3-2-4-16(23)20-25-10-11-26-20/h5-8,16,20H,2-4,9-12H2,1H3. The van der Waals surface area contributed by atoms with Gasteiger partial charge in [0.25, 0.3) is 5.91 Å². The van der Waals surface area contributed by atoms with Crippen LogP contribution >= 0.6 is 11.3 Å². The molecule has 0 saturated carbocycles. The van der Waals surface area contributed by atoms with Gasteiger partial charge in [0.05, 0.1) is 30.0 Å². The summed E-state index contributed by atoms with van der Waals surface area (Å²) in [5.41, 5.74) is 1.73. The Morgan fingerprint density at radius 1 is 1.26 bits per heavy atom. The lowest BCUT2D eigenvalue weighted by atomic mass is 10.0. The van der Waals surface area contributed by atoms with Gasteiger partial charge in [0.15, 0.2) is 6.29 Å². The van der Waals surface area contributed by atoms with Crippen LogP contribution in [0.1, 0.15) is 45.2 Å². The van der Waals surface area contributed by atoms with Crippen molar-refractivity contribution in [2.75, 3.05) is 19.8 Å². The molecule has 3 heterocycles. The van der Waals surface area contributed by atoms with E-state index in [-0.39, 0.29) is 24.1 Å². The molecule has 2 aromatic rings. The number of likely N-dealkylation sites (tertiary alicyclic amines) is 1. The summed E-state index contributed by atoms with van der Waals surface area (Å²) >= 11 is 1.43. The number of nitrogens with zero attached hydrogens (tertiary/aromatic N) is 2. The Morgan fingerprint density at radius 2 is 2.00 bits per heavy atom. The molecule has 27 heavy (non-hydrogen) atoms. The third-order valence-electron chi connectivity index (χ3n) is 5.08. The number of hydrogen-bond acceptors (Lipinski definition) is 5. The van der Waals surface area contributed by atoms with Gasteiger partial charge < -0.3 is 14.4 Å². The topological polar surface area (TPSA) is 51.7 Å². The maximum Gasteiger partial charge on any atom is 0.266 e. The summed E-state index contributed by atoms with van der Waals surface area (Å²) in [6.45, 7) is 3.77. The molecule has 0 radical (unpaired) electrons. The van der Waals surface area contributed by atoms with Gasteiger partial charge >= 0.3 is 0 Å². The molecule has 0 aliphatic carbocycles. The number of hydrogen-bond donors (Lipinski definition) is 0. The van der Waals surface area contributed by atoms with Crippen molar-refractivity contribution >= 4 is 17.2 Å². The fourth-order valence-electron chi connectivity index (χ4n) is 3.72. The Hall–Kier alpha value is -1.83. The molecule has 7 heteroatoms. The first-order chi connectivity index (χ1) is 13.1. The monoisotopic (exact) mass is 390 g/mol. The zero-order valence-corrected chi connectivity index (χ0v) is 16.1. The number of amides is 1. The lowest BCUT2D eigenvalue weighted by Gasteiger charge is -2.37. The van der Waals surface area contributed by atoms with E-state index in [2.05, 4.69) is 4.98 Å². The smallest absolute Gasteiger partial charge is 0.266 e. The van der Waals surface area contributed by atoms with Crippen molar-refractivity contribution < 1.29 is 18.7 Å². The van der Waals surface area contributed by atoms with Gasteiger partial charge in [-0.15, -0.1) is 11.3 Å². The Labute approximate surface area is 162 Å². The largest absolute Gasteiger partial charge is 0.348 e. The quantitative estimate of drug-likeness (QED) is 0.801. The first-order valence-electron chi connectivity index (χ1n) is 9.37. The minimum Gasteiger partial charge on any atom is -0.348 e. The molecular weight excluding hydrogens is 367 g/mol. The van der Waals surface area contributed by atoms with E-state index in [0.717, 1.165) is 42.1 Å². The van der Waals surface area contributed by atoms with Crippen molar-refractivity contribution in [1.82, 2.24) is 9.88 Å². The van der Waals surface area contributed by atoms with Crippen LogP contribution in [0.2, 0.25) is 0 Å². The second-order valence-electron chi connectivity index (χ2n) is 7.00. The molecule has 1 aromatic heterocycles. The summed E-state index contributed by atoms with van der Waals surface area (Å²) in [4.78, 5) is 20.4. The Morgan fingerprint density at radius 3 is 2.74 bits per heavy atom. The van der Waals surface area contributed by atoms with Gasteiger partial charge in [0, 0.05) is 13.0 Å². The van der Waals surface area contributed by atoms with Gasteiger partial charge in [-0.05, 0) is 43.9 Å². The van der Waals surface area contributed by atoms with Crippen LogP contribution in [0, 0.1) is 12.7 Å². The average Bonchev–Trinajstić information content (AvgIpc) is 3.33. The zero-order valence-electron chi connectivity index (χ0n) is 15.3. The number of aromatic nitrogens is 1. The number of ether oxygens (including phenoxy) is 2. The number of aryl methyl sites for hydroxylation is 1. The van der Waals surface area contributed by atoms with Crippen LogP contribution in [0.25, 0.3) is 0 Å². The van der Waals surface area contributed by atoms with E-state index < -0.39 is 0 Å². The molecule has 2 aliphatic heterocycles. The first-order valence-corrected chi connectivity index (χ1v) is 10.2. The van der Waals surface area contributed by atoms with Crippen molar-refractivity contribution in [2.24, 2.45) is 0 Å². The number of benzene rings is 1. The summed E-state index contributed by atoms with van der Waals surface area (Å²) in [6.07, 6.45) is 3.25. The van der Waals surface area contributed by atoms with E-state index in [1.54, 1.807) is 12.1 Å². The number of thiazole rings is 1. The minimum atomic E-state index is -0.318. The Bertz CT molecular complexity index is 802. The predicted octanol–water partition coefficient (Wildman–Crippen LogP) is 3.55. The summed E-state index contributed by atoms with van der Waals surface area (Å²) in [7, 11) is 0. The number of piperidine rings is 1. The highest BCUT2D eigenvalue weighted by molar-refractivity contribution is 7.13. The van der Waals surface area contributed by atoms with Crippen molar-refractivity contribution in [2.45, 2.75) is 44.9 Å². The highest BCUT2D eigenvalue weighted by atomic mass is 32.1. The van der Waals surface area contributed by atoms with E-state index in [1.165, 1.54) is 23.5 Å². The molecule has 4 rings (SSSR count). The first kappa shape index (κ1) is 18.5. The molecule has 5 nitrogen and oxygen atoms in total. The van der Waals surface area contributed by atoms with Crippen molar-refractivity contribution in [3.63, 3.8) is 0 Å². The Kier molecular flexibility index (Phi) is 5.52. The average molecular weight is 390 g/mol. The molecule has 2 aliphatic rings. The summed E-state index contributed by atoms with van der Waals surface area (Å²) < 4.78 is 24.4. The van der Waals surface area contributed by atoms with Gasteiger partial charge in [-0.3, -0.25) is 4.79 Å². The highest BCUT2D eigenvalue weighted by Gasteiger charge is 2.37. The van der Waals surface area contributed by atoms with Crippen molar-refractivity contribution in [1.29, 1.82) is 0 Å². The molecule has 2 fully saturated rings. The van der Waals surface area contributed by atoms with E-state index in [4.69, 9.17) is 9.47 Å². The fraction of sp³-hybridized carbons (Fsp3) is 0.500. The molecule has 0 bridgehead atoms. The number of halogens is 1. The molecule has 2 saturated heterocycles. The van der Waals surface area contributed by atoms with Crippen molar-refractivity contribution in [3.8, 4) is 0 Å². The minimum absolute atomic E-state index is 0.0131. The van der Waals surface area contributed by atoms with Gasteiger partial charge in [0.2, 0.25) is 0 Å². The van der Waals surface area contributed by atoms with Crippen LogP contribution in [0.4, 0.5) is 4.39 Å². The van der Waals surface area contributed by atoms with Crippen LogP contribution < -0.4 is 0 Å². The summed E-state index contributed by atoms with van der Waals surface area (Å²) in [5, 5.41) is 0.865. The predicted molar refractivity (Wildman–Crippen MR) is 100 cm³/mol. The second kappa shape index (κ2) is 8.04. The maximum atomic E-state index is 13.2. The van der Waals surface area contributed by atoms with Gasteiger partial charge in [-0.2, -0.15) is 0 Å². The number of carbonyl (C=O) groups excluding carboxylic acids is 1. The molecule has 0 spiro atoms. The summed E-state index contributed by atoms with van der Waals surface area (Å²) in [5.74, 6) is -0.239. The van der Waals surface area contributed by atoms with E-state index in [1.807, 2.05) is 11.8 Å². The molecule has 1 unspecified atom stereocenters. The third kappa shape index (κ3) is 4.05. The summed E-state index contributed by atoms with van der Waals surface area (Å²) in [6, 6.07) is 6.37. The molecular formula is C20H23FN2O3S. The van der Waals surface area contributed by atoms with Crippen LogP contribution in [0.15, 0.2) is 24.3 Å². The van der Waals surface area contributed by atoms with Crippen LogP contribution in [0.3, 0.4) is 0 Å². The van der Waals surface area contributed by atoms with E-state index >= 15 is 0 Å². The lowest BCUT2D eigenvalue weighted by molar-refractivity contribution is -0.100. The second-order valence-corrected chi connectivity index (χ2v) is 8.08. The highest BCUT2D eigenvalue weighted by Crippen LogP contribution is 2.29. The van der Waals surface area contributed by atoms with Crippen molar-refractivity contribution in [3.05, 3.63) is 51.2 Å². The zero-order chi connectivity index (χ0) is 18.8. The molecule has 144 valence electrons. The van der Waals surface area contributed by atoms with E-state index in [0.29, 0.717) is 24.5 Å². The molecule has 1 amide bonds. The Balaban J connectivity index is 1.52. The van der Waals surface area contributed by atoms with Gasteiger partial charge in [0.1, 0.15) is 10.7 Å². The molecule has 0 N–H and O–H groups in total. The van der Waals surface area contributed by atoms with Crippen LogP contribution in [0.5, 0.6) is 0 Å². The van der Waals surface area contributed by atoms with Crippen LogP contribution in [-0.2, 0) is 15.9 Å². The number of rotatable bonds is 4. The molecule has 1 aromatic carbocycles. The van der Waals surface area contributed by atoms with Gasteiger partial charge in [-0.25, -0.2) is 9.37 Å². The van der Waals surface area contributed by atoms with E-state index in [9.17, 15) is 9.18 Å². The van der Waals surface area contributed by atoms with Crippen LogP contribution in [-0.4, -0.2) is 47.9 Å². The number of carbonyl (C=O) groups is 1. The lowest BCUT2D eigenvalue weighted by Crippen LogP contribution is -2.50. The normalized spacial score (nSPS) is 21.0. The van der Waals surface area contributed by atoms with Gasteiger partial charge in [-0.1, -0.05) is 12.1 Å². The fourth-order valence-corrected chi connectivity index (χ4v) is 4.78. The molecule has 1 atom stereocenters. The third-order valence-corrected chi connectivity index (χ3v) is 6.22. The maximum absolute atomic E-state index is 13.2.